The van der Waals surface area contributed by atoms with Crippen LogP contribution in [0.4, 0.5) is 4.39 Å². The number of piperidine rings is 1. The van der Waals surface area contributed by atoms with Crippen molar-refractivity contribution in [2.24, 2.45) is 0 Å². The van der Waals surface area contributed by atoms with Crippen molar-refractivity contribution >= 4 is 16.7 Å². The quantitative estimate of drug-likeness (QED) is 0.713. The van der Waals surface area contributed by atoms with Crippen LogP contribution >= 0.6 is 0 Å². The van der Waals surface area contributed by atoms with Gasteiger partial charge in [0.05, 0.1) is 17.0 Å². The van der Waals surface area contributed by atoms with Crippen molar-refractivity contribution < 1.29 is 9.18 Å². The van der Waals surface area contributed by atoms with Crippen LogP contribution in [-0.2, 0) is 4.79 Å². The molecule has 2 aromatic carbocycles. The first-order valence-electron chi connectivity index (χ1n) is 10.6. The summed E-state index contributed by atoms with van der Waals surface area (Å²) in [6.07, 6.45) is 3.81. The molecule has 0 aliphatic carbocycles. The molecule has 30 heavy (non-hydrogen) atoms. The SMILES string of the molecule is C[C@@H](C(=O)N1[C@@H]2CC[C@H]1CC(c1ccc(F)cc1)C2)c1n[nH]c(=O)c2ccccc12. The molecule has 2 saturated heterocycles. The van der Waals surface area contributed by atoms with E-state index in [2.05, 4.69) is 15.1 Å². The molecule has 3 aromatic rings. The molecule has 1 unspecified atom stereocenters. The Hall–Kier alpha value is -3.02. The summed E-state index contributed by atoms with van der Waals surface area (Å²) in [4.78, 5) is 27.7. The summed E-state index contributed by atoms with van der Waals surface area (Å²) >= 11 is 0. The number of carbonyl (C=O) groups is 1. The van der Waals surface area contributed by atoms with Crippen molar-refractivity contribution in [3.63, 3.8) is 0 Å². The summed E-state index contributed by atoms with van der Waals surface area (Å²) in [6, 6.07) is 14.5. The third-order valence-corrected chi connectivity index (χ3v) is 6.84. The number of fused-ring (bicyclic) bond motifs is 3. The normalized spacial score (nSPS) is 24.2. The second-order valence-corrected chi connectivity index (χ2v) is 8.56. The number of rotatable bonds is 3. The number of benzene rings is 2. The molecule has 6 heteroatoms. The number of nitrogens with zero attached hydrogens (tertiary/aromatic N) is 2. The van der Waals surface area contributed by atoms with Gasteiger partial charge in [0.1, 0.15) is 5.82 Å². The highest BCUT2D eigenvalue weighted by atomic mass is 19.1. The number of hydrogen-bond donors (Lipinski definition) is 1. The van der Waals surface area contributed by atoms with E-state index in [4.69, 9.17) is 0 Å². The van der Waals surface area contributed by atoms with Gasteiger partial charge in [-0.05, 0) is 62.3 Å². The molecule has 1 N–H and O–H groups in total. The molecule has 2 fully saturated rings. The molecule has 154 valence electrons. The van der Waals surface area contributed by atoms with Crippen LogP contribution in [0.5, 0.6) is 0 Å². The predicted octanol–water partition coefficient (Wildman–Crippen LogP) is 4.10. The zero-order chi connectivity index (χ0) is 20.8. The van der Waals surface area contributed by atoms with Gasteiger partial charge in [-0.3, -0.25) is 9.59 Å². The minimum Gasteiger partial charge on any atom is -0.336 e. The number of amides is 1. The highest BCUT2D eigenvalue weighted by molar-refractivity contribution is 5.91. The number of hydrogen-bond acceptors (Lipinski definition) is 3. The molecular formula is C24H24FN3O2. The number of nitrogens with one attached hydrogen (secondary N) is 1. The lowest BCUT2D eigenvalue weighted by Gasteiger charge is -2.40. The van der Waals surface area contributed by atoms with E-state index < -0.39 is 5.92 Å². The Kier molecular flexibility index (Phi) is 4.65. The van der Waals surface area contributed by atoms with Crippen LogP contribution in [0.1, 0.15) is 55.7 Å². The molecule has 2 aliphatic rings. The Bertz CT molecular complexity index is 1140. The maximum absolute atomic E-state index is 13.5. The second kappa shape index (κ2) is 7.35. The van der Waals surface area contributed by atoms with E-state index in [1.54, 1.807) is 6.07 Å². The molecule has 0 spiro atoms. The minimum absolute atomic E-state index is 0.0739. The summed E-state index contributed by atoms with van der Waals surface area (Å²) in [5, 5.41) is 8.08. The number of halogens is 1. The van der Waals surface area contributed by atoms with Gasteiger partial charge >= 0.3 is 0 Å². The summed E-state index contributed by atoms with van der Waals surface area (Å²) in [7, 11) is 0. The summed E-state index contributed by atoms with van der Waals surface area (Å²) in [5.41, 5.74) is 1.53. The minimum atomic E-state index is -0.433. The molecule has 1 amide bonds. The Labute approximate surface area is 173 Å². The number of H-pyrrole nitrogens is 1. The maximum Gasteiger partial charge on any atom is 0.272 e. The van der Waals surface area contributed by atoms with E-state index in [1.807, 2.05) is 37.3 Å². The molecular weight excluding hydrogens is 381 g/mol. The van der Waals surface area contributed by atoms with Gasteiger partial charge in [-0.25, -0.2) is 9.49 Å². The van der Waals surface area contributed by atoms with Gasteiger partial charge in [0.2, 0.25) is 5.91 Å². The molecule has 2 bridgehead atoms. The van der Waals surface area contributed by atoms with E-state index in [-0.39, 0.29) is 29.4 Å². The topological polar surface area (TPSA) is 66.1 Å². The molecule has 4 atom stereocenters. The van der Waals surface area contributed by atoms with Crippen LogP contribution in [0.3, 0.4) is 0 Å². The lowest BCUT2D eigenvalue weighted by atomic mass is 9.84. The largest absolute Gasteiger partial charge is 0.336 e. The lowest BCUT2D eigenvalue weighted by Crippen LogP contribution is -2.47. The molecule has 2 aliphatic heterocycles. The van der Waals surface area contributed by atoms with Gasteiger partial charge in [-0.1, -0.05) is 30.3 Å². The van der Waals surface area contributed by atoms with E-state index in [0.717, 1.165) is 36.6 Å². The third-order valence-electron chi connectivity index (χ3n) is 6.84. The summed E-state index contributed by atoms with van der Waals surface area (Å²) in [5.74, 6) is -0.222. The second-order valence-electron chi connectivity index (χ2n) is 8.56. The first kappa shape index (κ1) is 19.0. The van der Waals surface area contributed by atoms with Crippen molar-refractivity contribution in [2.45, 2.75) is 56.5 Å². The van der Waals surface area contributed by atoms with E-state index in [9.17, 15) is 14.0 Å². The zero-order valence-electron chi connectivity index (χ0n) is 16.8. The standard InChI is InChI=1S/C24H24FN3O2/c1-14(22-20-4-2-3-5-21(20)23(29)27-26-22)24(30)28-18-10-11-19(28)13-16(12-18)15-6-8-17(25)9-7-15/h2-9,14,16,18-19H,10-13H2,1H3,(H,27,29)/t14-,16?,18-,19+/m1/s1. The van der Waals surface area contributed by atoms with Crippen LogP contribution in [0.15, 0.2) is 53.3 Å². The Morgan fingerprint density at radius 2 is 1.70 bits per heavy atom. The van der Waals surface area contributed by atoms with E-state index >= 15 is 0 Å². The Balaban J connectivity index is 1.41. The molecule has 3 heterocycles. The van der Waals surface area contributed by atoms with Crippen LogP contribution in [0.2, 0.25) is 0 Å². The van der Waals surface area contributed by atoms with Gasteiger partial charge in [-0.15, -0.1) is 0 Å². The van der Waals surface area contributed by atoms with Gasteiger partial charge in [0.15, 0.2) is 0 Å². The van der Waals surface area contributed by atoms with Crippen LogP contribution < -0.4 is 5.56 Å². The average Bonchev–Trinajstić information content (AvgIpc) is 3.03. The van der Waals surface area contributed by atoms with Crippen molar-refractivity contribution in [3.8, 4) is 0 Å². The number of aromatic nitrogens is 2. The third kappa shape index (κ3) is 3.11. The average molecular weight is 405 g/mol. The highest BCUT2D eigenvalue weighted by Crippen LogP contribution is 2.44. The monoisotopic (exact) mass is 405 g/mol. The smallest absolute Gasteiger partial charge is 0.272 e. The van der Waals surface area contributed by atoms with Crippen molar-refractivity contribution in [1.82, 2.24) is 15.1 Å². The number of aromatic amines is 1. The zero-order valence-corrected chi connectivity index (χ0v) is 16.8. The van der Waals surface area contributed by atoms with Crippen LogP contribution in [0.25, 0.3) is 10.8 Å². The van der Waals surface area contributed by atoms with Gasteiger partial charge < -0.3 is 4.90 Å². The fourth-order valence-corrected chi connectivity index (χ4v) is 5.35. The van der Waals surface area contributed by atoms with E-state index in [0.29, 0.717) is 17.0 Å². The van der Waals surface area contributed by atoms with Crippen molar-refractivity contribution in [2.75, 3.05) is 0 Å². The van der Waals surface area contributed by atoms with E-state index in [1.165, 1.54) is 12.1 Å². The molecule has 0 radical (unpaired) electrons. The van der Waals surface area contributed by atoms with Crippen LogP contribution in [0, 0.1) is 5.82 Å². The molecule has 0 saturated carbocycles. The fraction of sp³-hybridized carbons (Fsp3) is 0.375. The Morgan fingerprint density at radius 3 is 2.37 bits per heavy atom. The molecule has 5 nitrogen and oxygen atoms in total. The predicted molar refractivity (Wildman–Crippen MR) is 113 cm³/mol. The van der Waals surface area contributed by atoms with Gasteiger partial charge in [0.25, 0.3) is 5.56 Å². The van der Waals surface area contributed by atoms with Crippen molar-refractivity contribution in [1.29, 1.82) is 0 Å². The highest BCUT2D eigenvalue weighted by Gasteiger charge is 2.45. The lowest BCUT2D eigenvalue weighted by molar-refractivity contribution is -0.137. The molecule has 5 rings (SSSR count). The summed E-state index contributed by atoms with van der Waals surface area (Å²) in [6.45, 7) is 1.88. The Morgan fingerprint density at radius 1 is 1.07 bits per heavy atom. The first-order chi connectivity index (χ1) is 14.5. The first-order valence-corrected chi connectivity index (χ1v) is 10.6. The van der Waals surface area contributed by atoms with Gasteiger partial charge in [0, 0.05) is 17.5 Å². The fourth-order valence-electron chi connectivity index (χ4n) is 5.35. The van der Waals surface area contributed by atoms with Crippen molar-refractivity contribution in [3.05, 3.63) is 76.0 Å². The van der Waals surface area contributed by atoms with Crippen LogP contribution in [-0.4, -0.2) is 33.1 Å². The maximum atomic E-state index is 13.5. The van der Waals surface area contributed by atoms with Gasteiger partial charge in [-0.2, -0.15) is 5.10 Å². The number of carbonyl (C=O) groups excluding carboxylic acids is 1. The summed E-state index contributed by atoms with van der Waals surface area (Å²) < 4.78 is 13.3. The molecule has 1 aromatic heterocycles.